The molecule has 0 amide bonds. The molecule has 0 saturated carbocycles. The van der Waals surface area contributed by atoms with Crippen molar-refractivity contribution >= 4 is 0 Å². The maximum Gasteiger partial charge on any atom is 0.0589 e. The molecule has 2 unspecified atom stereocenters. The Hall–Kier alpha value is -0.900. The third kappa shape index (κ3) is 6.16. The summed E-state index contributed by atoms with van der Waals surface area (Å²) in [5, 5.41) is 3.65. The summed E-state index contributed by atoms with van der Waals surface area (Å²) in [6, 6.07) is 11.5. The molecule has 0 aliphatic rings. The molecule has 1 aromatic carbocycles. The van der Waals surface area contributed by atoms with Crippen LogP contribution in [0, 0.1) is 5.92 Å². The molecular formula is C18H32N2O. The monoisotopic (exact) mass is 292 g/mol. The molecule has 1 aromatic rings. The third-order valence-corrected chi connectivity index (χ3v) is 3.82. The fourth-order valence-electron chi connectivity index (χ4n) is 2.80. The minimum atomic E-state index is 0.354. The van der Waals surface area contributed by atoms with Gasteiger partial charge in [0.1, 0.15) is 0 Å². The topological polar surface area (TPSA) is 24.5 Å². The molecule has 0 bridgehead atoms. The fourth-order valence-corrected chi connectivity index (χ4v) is 2.80. The maximum atomic E-state index is 5.29. The van der Waals surface area contributed by atoms with Gasteiger partial charge in [-0.05, 0) is 24.9 Å². The van der Waals surface area contributed by atoms with E-state index in [1.807, 2.05) is 0 Å². The van der Waals surface area contributed by atoms with Crippen LogP contribution in [0.5, 0.6) is 0 Å². The van der Waals surface area contributed by atoms with E-state index in [2.05, 4.69) is 68.2 Å². The van der Waals surface area contributed by atoms with E-state index in [0.29, 0.717) is 18.0 Å². The number of hydrogen-bond donors (Lipinski definition) is 1. The van der Waals surface area contributed by atoms with Crippen LogP contribution >= 0.6 is 0 Å². The van der Waals surface area contributed by atoms with Gasteiger partial charge in [-0.15, -0.1) is 0 Å². The molecule has 0 heterocycles. The lowest BCUT2D eigenvalue weighted by Gasteiger charge is -2.36. The Labute approximate surface area is 130 Å². The van der Waals surface area contributed by atoms with Crippen molar-refractivity contribution in [3.05, 3.63) is 35.9 Å². The molecule has 2 atom stereocenters. The second-order valence-electron chi connectivity index (χ2n) is 6.07. The van der Waals surface area contributed by atoms with E-state index in [1.54, 1.807) is 7.11 Å². The predicted molar refractivity (Wildman–Crippen MR) is 90.6 cm³/mol. The molecule has 0 radical (unpaired) electrons. The van der Waals surface area contributed by atoms with Gasteiger partial charge in [0.2, 0.25) is 0 Å². The second kappa shape index (κ2) is 9.93. The number of likely N-dealkylation sites (N-methyl/N-ethyl adjacent to an activating group) is 1. The first-order valence-electron chi connectivity index (χ1n) is 8.11. The number of rotatable bonds is 10. The van der Waals surface area contributed by atoms with Gasteiger partial charge in [-0.2, -0.15) is 0 Å². The molecule has 0 aliphatic heterocycles. The van der Waals surface area contributed by atoms with Gasteiger partial charge >= 0.3 is 0 Å². The molecule has 1 N–H and O–H groups in total. The first-order valence-corrected chi connectivity index (χ1v) is 8.11. The zero-order valence-corrected chi connectivity index (χ0v) is 14.3. The quantitative estimate of drug-likeness (QED) is 0.716. The lowest BCUT2D eigenvalue weighted by atomic mass is 9.98. The standard InChI is InChI=1S/C18H32N2O/c1-6-19-18(17-10-8-7-9-11-17)16(4)20(12-13-21-5)14-15(2)3/h7-11,15-16,18-19H,6,12-14H2,1-5H3. The molecule has 0 saturated heterocycles. The van der Waals surface area contributed by atoms with Gasteiger partial charge in [-0.1, -0.05) is 51.1 Å². The van der Waals surface area contributed by atoms with Crippen LogP contribution in [0.4, 0.5) is 0 Å². The van der Waals surface area contributed by atoms with E-state index in [1.165, 1.54) is 5.56 Å². The van der Waals surface area contributed by atoms with Gasteiger partial charge in [0.25, 0.3) is 0 Å². The lowest BCUT2D eigenvalue weighted by molar-refractivity contribution is 0.0993. The van der Waals surface area contributed by atoms with Crippen LogP contribution in [0.25, 0.3) is 0 Å². The van der Waals surface area contributed by atoms with Crippen molar-refractivity contribution in [3.63, 3.8) is 0 Å². The summed E-state index contributed by atoms with van der Waals surface area (Å²) in [7, 11) is 1.77. The minimum absolute atomic E-state index is 0.354. The lowest BCUT2D eigenvalue weighted by Crippen LogP contribution is -2.45. The van der Waals surface area contributed by atoms with Crippen LogP contribution in [0.2, 0.25) is 0 Å². The van der Waals surface area contributed by atoms with E-state index < -0.39 is 0 Å². The molecule has 120 valence electrons. The number of hydrogen-bond acceptors (Lipinski definition) is 3. The van der Waals surface area contributed by atoms with Crippen molar-refractivity contribution in [1.29, 1.82) is 0 Å². The SMILES string of the molecule is CCNC(c1ccccc1)C(C)N(CCOC)CC(C)C. The van der Waals surface area contributed by atoms with Crippen LogP contribution in [0.1, 0.15) is 39.3 Å². The van der Waals surface area contributed by atoms with Crippen molar-refractivity contribution in [3.8, 4) is 0 Å². The molecule has 21 heavy (non-hydrogen) atoms. The Balaban J connectivity index is 2.86. The zero-order valence-electron chi connectivity index (χ0n) is 14.3. The molecule has 3 heteroatoms. The normalized spacial score (nSPS) is 14.6. The summed E-state index contributed by atoms with van der Waals surface area (Å²) in [6.45, 7) is 12.9. The van der Waals surface area contributed by atoms with E-state index >= 15 is 0 Å². The Morgan fingerprint density at radius 3 is 2.33 bits per heavy atom. The van der Waals surface area contributed by atoms with Gasteiger partial charge in [0.15, 0.2) is 0 Å². The van der Waals surface area contributed by atoms with Gasteiger partial charge in [-0.25, -0.2) is 0 Å². The van der Waals surface area contributed by atoms with E-state index in [4.69, 9.17) is 4.74 Å². The van der Waals surface area contributed by atoms with Crippen molar-refractivity contribution in [2.45, 2.75) is 39.8 Å². The van der Waals surface area contributed by atoms with Crippen LogP contribution in [0.3, 0.4) is 0 Å². The van der Waals surface area contributed by atoms with Crippen LogP contribution in [-0.4, -0.2) is 44.3 Å². The van der Waals surface area contributed by atoms with E-state index in [9.17, 15) is 0 Å². The Morgan fingerprint density at radius 2 is 1.81 bits per heavy atom. The highest BCUT2D eigenvalue weighted by atomic mass is 16.5. The Kier molecular flexibility index (Phi) is 8.58. The second-order valence-corrected chi connectivity index (χ2v) is 6.07. The first kappa shape index (κ1) is 18.1. The van der Waals surface area contributed by atoms with E-state index in [-0.39, 0.29) is 0 Å². The molecule has 0 spiro atoms. The van der Waals surface area contributed by atoms with Crippen molar-refractivity contribution in [2.24, 2.45) is 5.92 Å². The van der Waals surface area contributed by atoms with Crippen molar-refractivity contribution in [1.82, 2.24) is 10.2 Å². The summed E-state index contributed by atoms with van der Waals surface area (Å²) in [6.07, 6.45) is 0. The van der Waals surface area contributed by atoms with Gasteiger partial charge in [0, 0.05) is 32.3 Å². The Bertz CT molecular complexity index is 367. The highest BCUT2D eigenvalue weighted by Gasteiger charge is 2.24. The summed E-state index contributed by atoms with van der Waals surface area (Å²) < 4.78 is 5.29. The number of ether oxygens (including phenoxy) is 1. The molecule has 1 rings (SSSR count). The average Bonchev–Trinajstić information content (AvgIpc) is 2.49. The third-order valence-electron chi connectivity index (χ3n) is 3.82. The average molecular weight is 292 g/mol. The van der Waals surface area contributed by atoms with Crippen LogP contribution in [0.15, 0.2) is 30.3 Å². The number of methoxy groups -OCH3 is 1. The summed E-state index contributed by atoms with van der Waals surface area (Å²) in [4.78, 5) is 2.54. The van der Waals surface area contributed by atoms with Gasteiger partial charge in [0.05, 0.1) is 6.61 Å². The number of benzene rings is 1. The van der Waals surface area contributed by atoms with Crippen LogP contribution in [-0.2, 0) is 4.74 Å². The van der Waals surface area contributed by atoms with Crippen molar-refractivity contribution in [2.75, 3.05) is 33.4 Å². The number of nitrogens with zero attached hydrogens (tertiary/aromatic N) is 1. The highest BCUT2D eigenvalue weighted by molar-refractivity contribution is 5.20. The smallest absolute Gasteiger partial charge is 0.0589 e. The highest BCUT2D eigenvalue weighted by Crippen LogP contribution is 2.21. The summed E-state index contributed by atoms with van der Waals surface area (Å²) >= 11 is 0. The molecule has 0 aliphatic carbocycles. The molecule has 0 fully saturated rings. The minimum Gasteiger partial charge on any atom is -0.383 e. The van der Waals surface area contributed by atoms with Gasteiger partial charge < -0.3 is 10.1 Å². The largest absolute Gasteiger partial charge is 0.383 e. The fraction of sp³-hybridized carbons (Fsp3) is 0.667. The van der Waals surface area contributed by atoms with Crippen LogP contribution < -0.4 is 5.32 Å². The van der Waals surface area contributed by atoms with Crippen molar-refractivity contribution < 1.29 is 4.74 Å². The maximum absolute atomic E-state index is 5.29. The molecule has 0 aromatic heterocycles. The predicted octanol–water partition coefficient (Wildman–Crippen LogP) is 3.33. The number of nitrogens with one attached hydrogen (secondary N) is 1. The summed E-state index contributed by atoms with van der Waals surface area (Å²) in [5.41, 5.74) is 1.36. The summed E-state index contributed by atoms with van der Waals surface area (Å²) in [5.74, 6) is 0.655. The van der Waals surface area contributed by atoms with E-state index in [0.717, 1.165) is 26.2 Å². The van der Waals surface area contributed by atoms with Gasteiger partial charge in [-0.3, -0.25) is 4.90 Å². The Morgan fingerprint density at radius 1 is 1.14 bits per heavy atom. The molecule has 3 nitrogen and oxygen atoms in total. The first-order chi connectivity index (χ1) is 10.1. The zero-order chi connectivity index (χ0) is 15.7. The molecular weight excluding hydrogens is 260 g/mol.